The van der Waals surface area contributed by atoms with Crippen molar-refractivity contribution in [1.82, 2.24) is 4.37 Å². The van der Waals surface area contributed by atoms with E-state index in [1.54, 1.807) is 24.3 Å². The minimum Gasteiger partial charge on any atom is -0.457 e. The molecule has 4 nitrogen and oxygen atoms in total. The monoisotopic (exact) mass is 310 g/mol. The Labute approximate surface area is 132 Å². The van der Waals surface area contributed by atoms with Gasteiger partial charge in [-0.1, -0.05) is 18.2 Å². The first-order chi connectivity index (χ1) is 10.7. The fraction of sp³-hybridized carbons (Fsp3) is 0.0588. The van der Waals surface area contributed by atoms with Gasteiger partial charge in [-0.05, 0) is 60.9 Å². The number of aromatic nitrogens is 1. The first kappa shape index (κ1) is 14.3. The van der Waals surface area contributed by atoms with Crippen molar-refractivity contribution in [1.29, 1.82) is 0 Å². The number of carbonyl (C=O) groups excluding carboxylic acids is 1. The summed E-state index contributed by atoms with van der Waals surface area (Å²) in [6.45, 7) is 1.89. The van der Waals surface area contributed by atoms with E-state index < -0.39 is 0 Å². The van der Waals surface area contributed by atoms with E-state index in [1.165, 1.54) is 11.5 Å². The van der Waals surface area contributed by atoms with Crippen LogP contribution in [-0.2, 0) is 0 Å². The van der Waals surface area contributed by atoms with Crippen LogP contribution >= 0.6 is 11.5 Å². The van der Waals surface area contributed by atoms with Crippen molar-refractivity contribution in [3.63, 3.8) is 0 Å². The topological polar surface area (TPSA) is 51.2 Å². The van der Waals surface area contributed by atoms with Crippen molar-refractivity contribution in [2.45, 2.75) is 6.92 Å². The van der Waals surface area contributed by atoms with E-state index in [2.05, 4.69) is 9.69 Å². The smallest absolute Gasteiger partial charge is 0.256 e. The van der Waals surface area contributed by atoms with E-state index >= 15 is 0 Å². The minimum absolute atomic E-state index is 0.157. The molecule has 0 atom stereocenters. The predicted molar refractivity (Wildman–Crippen MR) is 87.8 cm³/mol. The largest absolute Gasteiger partial charge is 0.457 e. The van der Waals surface area contributed by atoms with Crippen LogP contribution in [0.1, 0.15) is 16.1 Å². The van der Waals surface area contributed by atoms with Crippen molar-refractivity contribution in [2.24, 2.45) is 0 Å². The van der Waals surface area contributed by atoms with E-state index in [4.69, 9.17) is 4.74 Å². The normalized spacial score (nSPS) is 10.2. The minimum atomic E-state index is -0.157. The molecule has 1 heterocycles. The van der Waals surface area contributed by atoms with Crippen molar-refractivity contribution >= 4 is 22.4 Å². The van der Waals surface area contributed by atoms with Gasteiger partial charge in [-0.3, -0.25) is 4.79 Å². The molecule has 0 aliphatic heterocycles. The van der Waals surface area contributed by atoms with Crippen LogP contribution in [0.3, 0.4) is 0 Å². The summed E-state index contributed by atoms with van der Waals surface area (Å²) in [6, 6.07) is 18.4. The van der Waals surface area contributed by atoms with Crippen LogP contribution in [-0.4, -0.2) is 10.3 Å². The summed E-state index contributed by atoms with van der Waals surface area (Å²) >= 11 is 1.27. The van der Waals surface area contributed by atoms with E-state index in [-0.39, 0.29) is 5.91 Å². The molecule has 0 aliphatic rings. The zero-order valence-corrected chi connectivity index (χ0v) is 12.8. The molecule has 0 bridgehead atoms. The number of anilines is 1. The molecule has 0 spiro atoms. The second kappa shape index (κ2) is 6.41. The lowest BCUT2D eigenvalue weighted by molar-refractivity contribution is 0.102. The lowest BCUT2D eigenvalue weighted by atomic mass is 10.2. The highest BCUT2D eigenvalue weighted by Crippen LogP contribution is 2.22. The molecular formula is C17H14N2O2S. The van der Waals surface area contributed by atoms with Gasteiger partial charge in [0.15, 0.2) is 0 Å². The molecule has 0 radical (unpaired) electrons. The molecule has 22 heavy (non-hydrogen) atoms. The summed E-state index contributed by atoms with van der Waals surface area (Å²) in [5.41, 5.74) is 1.47. The average Bonchev–Trinajstić information content (AvgIpc) is 2.94. The van der Waals surface area contributed by atoms with Crippen LogP contribution in [0.25, 0.3) is 0 Å². The zero-order valence-electron chi connectivity index (χ0n) is 11.9. The molecule has 110 valence electrons. The van der Waals surface area contributed by atoms with Gasteiger partial charge in [0.1, 0.15) is 16.5 Å². The summed E-state index contributed by atoms with van der Waals surface area (Å²) in [5.74, 6) is 1.30. The fourth-order valence-electron chi connectivity index (χ4n) is 1.91. The Hall–Kier alpha value is -2.66. The summed E-state index contributed by atoms with van der Waals surface area (Å²) in [6.07, 6.45) is 0. The Bertz CT molecular complexity index is 767. The maximum atomic E-state index is 12.1. The highest BCUT2D eigenvalue weighted by Gasteiger charge is 2.08. The molecule has 1 aromatic heterocycles. The number of hydrogen-bond acceptors (Lipinski definition) is 4. The molecule has 0 saturated heterocycles. The van der Waals surface area contributed by atoms with E-state index in [0.717, 1.165) is 16.4 Å². The number of aryl methyl sites for hydroxylation is 1. The Morgan fingerprint density at radius 3 is 2.36 bits per heavy atom. The second-order valence-corrected chi connectivity index (χ2v) is 5.53. The van der Waals surface area contributed by atoms with Gasteiger partial charge >= 0.3 is 0 Å². The highest BCUT2D eigenvalue weighted by molar-refractivity contribution is 7.10. The third-order valence-corrected chi connectivity index (χ3v) is 3.76. The molecule has 3 rings (SSSR count). The Kier molecular flexibility index (Phi) is 4.16. The van der Waals surface area contributed by atoms with Crippen LogP contribution in [0, 0.1) is 6.92 Å². The number of para-hydroxylation sites is 1. The predicted octanol–water partition coefficient (Wildman–Crippen LogP) is 4.50. The Morgan fingerprint density at radius 1 is 1.05 bits per heavy atom. The molecule has 0 unspecified atom stereocenters. The molecule has 5 heteroatoms. The molecule has 3 aromatic rings. The molecule has 0 saturated carbocycles. The standard InChI is InChI=1S/C17H14N2O2S/c1-12-11-16(22-19-12)18-17(20)13-7-9-15(10-8-13)21-14-5-3-2-4-6-14/h2-11H,1H3,(H,18,20). The quantitative estimate of drug-likeness (QED) is 0.772. The van der Waals surface area contributed by atoms with E-state index in [0.29, 0.717) is 11.3 Å². The molecule has 1 N–H and O–H groups in total. The second-order valence-electron chi connectivity index (χ2n) is 4.73. The van der Waals surface area contributed by atoms with Crippen LogP contribution in [0.2, 0.25) is 0 Å². The number of nitrogens with zero attached hydrogens (tertiary/aromatic N) is 1. The van der Waals surface area contributed by atoms with Crippen LogP contribution in [0.5, 0.6) is 11.5 Å². The van der Waals surface area contributed by atoms with E-state index in [1.807, 2.05) is 43.3 Å². The summed E-state index contributed by atoms with van der Waals surface area (Å²) < 4.78 is 9.83. The van der Waals surface area contributed by atoms with Crippen molar-refractivity contribution < 1.29 is 9.53 Å². The average molecular weight is 310 g/mol. The van der Waals surface area contributed by atoms with Crippen molar-refractivity contribution in [3.8, 4) is 11.5 Å². The number of benzene rings is 2. The number of rotatable bonds is 4. The van der Waals surface area contributed by atoms with Gasteiger partial charge in [0, 0.05) is 5.56 Å². The van der Waals surface area contributed by atoms with E-state index in [9.17, 15) is 4.79 Å². The van der Waals surface area contributed by atoms with Gasteiger partial charge < -0.3 is 10.1 Å². The van der Waals surface area contributed by atoms with Crippen LogP contribution in [0.15, 0.2) is 60.7 Å². The first-order valence-corrected chi connectivity index (χ1v) is 7.56. The highest BCUT2D eigenvalue weighted by atomic mass is 32.1. The molecule has 2 aromatic carbocycles. The number of nitrogens with one attached hydrogen (secondary N) is 1. The fourth-order valence-corrected chi connectivity index (χ4v) is 2.56. The first-order valence-electron chi connectivity index (χ1n) is 6.78. The number of amides is 1. The molecular weight excluding hydrogens is 296 g/mol. The zero-order chi connectivity index (χ0) is 15.4. The van der Waals surface area contributed by atoms with Gasteiger partial charge in [-0.15, -0.1) is 0 Å². The third kappa shape index (κ3) is 3.51. The van der Waals surface area contributed by atoms with Crippen LogP contribution in [0.4, 0.5) is 5.00 Å². The number of hydrogen-bond donors (Lipinski definition) is 1. The Balaban J connectivity index is 1.67. The van der Waals surface area contributed by atoms with Gasteiger partial charge in [-0.2, -0.15) is 4.37 Å². The maximum absolute atomic E-state index is 12.1. The molecule has 0 aliphatic carbocycles. The van der Waals surface area contributed by atoms with Gasteiger partial charge in [0.2, 0.25) is 0 Å². The van der Waals surface area contributed by atoms with Gasteiger partial charge in [0.25, 0.3) is 5.91 Å². The summed E-state index contributed by atoms with van der Waals surface area (Å²) in [7, 11) is 0. The van der Waals surface area contributed by atoms with Crippen molar-refractivity contribution in [3.05, 3.63) is 71.9 Å². The lowest BCUT2D eigenvalue weighted by Gasteiger charge is -2.06. The maximum Gasteiger partial charge on any atom is 0.256 e. The summed E-state index contributed by atoms with van der Waals surface area (Å²) in [5, 5.41) is 3.57. The molecule has 0 fully saturated rings. The summed E-state index contributed by atoms with van der Waals surface area (Å²) in [4.78, 5) is 12.1. The van der Waals surface area contributed by atoms with Gasteiger partial charge in [0.05, 0.1) is 5.69 Å². The molecule has 1 amide bonds. The van der Waals surface area contributed by atoms with Crippen LogP contribution < -0.4 is 10.1 Å². The third-order valence-electron chi connectivity index (χ3n) is 2.96. The lowest BCUT2D eigenvalue weighted by Crippen LogP contribution is -2.10. The van der Waals surface area contributed by atoms with Crippen molar-refractivity contribution in [2.75, 3.05) is 5.32 Å². The number of ether oxygens (including phenoxy) is 1. The van der Waals surface area contributed by atoms with Gasteiger partial charge in [-0.25, -0.2) is 0 Å². The number of carbonyl (C=O) groups is 1. The Morgan fingerprint density at radius 2 is 1.73 bits per heavy atom. The SMILES string of the molecule is Cc1cc(NC(=O)c2ccc(Oc3ccccc3)cc2)sn1.